The normalized spacial score (nSPS) is 20.7. The predicted molar refractivity (Wildman–Crippen MR) is 86.3 cm³/mol. The summed E-state index contributed by atoms with van der Waals surface area (Å²) in [6, 6.07) is 4.38. The number of halogens is 3. The third-order valence-electron chi connectivity index (χ3n) is 4.16. The minimum atomic E-state index is -4.46. The molecule has 2 atom stereocenters. The van der Waals surface area contributed by atoms with Crippen molar-refractivity contribution in [2.45, 2.75) is 24.7 Å². The lowest BCUT2D eigenvalue weighted by molar-refractivity contribution is -0.141. The van der Waals surface area contributed by atoms with E-state index in [0.29, 0.717) is 18.8 Å². The highest BCUT2D eigenvalue weighted by Crippen LogP contribution is 2.29. The van der Waals surface area contributed by atoms with Crippen LogP contribution in [-0.2, 0) is 10.9 Å². The molecule has 1 aliphatic rings. The second-order valence-electron chi connectivity index (χ2n) is 5.78. The SMILES string of the molecule is CO[C@@H]1C[C@H](CNc2ccnc(C(F)(F)F)c2)N(c2ccncn2)C1. The summed E-state index contributed by atoms with van der Waals surface area (Å²) < 4.78 is 43.7. The van der Waals surface area contributed by atoms with Gasteiger partial charge in [-0.25, -0.2) is 9.97 Å². The number of rotatable bonds is 5. The molecule has 2 aromatic rings. The van der Waals surface area contributed by atoms with Crippen molar-refractivity contribution in [2.75, 3.05) is 30.4 Å². The van der Waals surface area contributed by atoms with Crippen LogP contribution < -0.4 is 10.2 Å². The maximum Gasteiger partial charge on any atom is 0.433 e. The lowest BCUT2D eigenvalue weighted by Crippen LogP contribution is -2.35. The van der Waals surface area contributed by atoms with E-state index in [9.17, 15) is 13.2 Å². The zero-order valence-corrected chi connectivity index (χ0v) is 13.6. The number of ether oxygens (including phenoxy) is 1. The Bertz CT molecular complexity index is 698. The van der Waals surface area contributed by atoms with E-state index in [2.05, 4.69) is 25.2 Å². The third-order valence-corrected chi connectivity index (χ3v) is 4.16. The molecule has 0 spiro atoms. The first-order valence-electron chi connectivity index (χ1n) is 7.80. The highest BCUT2D eigenvalue weighted by atomic mass is 19.4. The van der Waals surface area contributed by atoms with Gasteiger partial charge in [-0.05, 0) is 24.6 Å². The maximum absolute atomic E-state index is 12.8. The first-order chi connectivity index (χ1) is 12.0. The molecule has 9 heteroatoms. The predicted octanol–water partition coefficient (Wildman–Crippen LogP) is 2.60. The lowest BCUT2D eigenvalue weighted by atomic mass is 10.2. The molecule has 25 heavy (non-hydrogen) atoms. The molecule has 1 saturated heterocycles. The van der Waals surface area contributed by atoms with Crippen LogP contribution in [0.2, 0.25) is 0 Å². The number of anilines is 2. The maximum atomic E-state index is 12.8. The van der Waals surface area contributed by atoms with Crippen molar-refractivity contribution in [1.29, 1.82) is 0 Å². The summed E-state index contributed by atoms with van der Waals surface area (Å²) in [5, 5.41) is 3.06. The van der Waals surface area contributed by atoms with E-state index in [1.165, 1.54) is 12.4 Å². The molecule has 0 bridgehead atoms. The standard InChI is InChI=1S/C16H18F3N5O/c1-25-13-7-12(24(9-13)15-3-4-20-10-23-15)8-22-11-2-5-21-14(6-11)16(17,18)19/h2-6,10,12-13H,7-9H2,1H3,(H,21,22)/t12-,13-/m1/s1. The van der Waals surface area contributed by atoms with Gasteiger partial charge in [0.1, 0.15) is 17.8 Å². The zero-order chi connectivity index (χ0) is 17.9. The Hall–Kier alpha value is -2.42. The molecule has 2 aromatic heterocycles. The van der Waals surface area contributed by atoms with Gasteiger partial charge in [-0.3, -0.25) is 4.98 Å². The van der Waals surface area contributed by atoms with Gasteiger partial charge in [0.2, 0.25) is 0 Å². The first-order valence-corrected chi connectivity index (χ1v) is 7.80. The average Bonchev–Trinajstić information content (AvgIpc) is 3.04. The van der Waals surface area contributed by atoms with Gasteiger partial charge < -0.3 is 15.0 Å². The van der Waals surface area contributed by atoms with Crippen LogP contribution in [0.25, 0.3) is 0 Å². The van der Waals surface area contributed by atoms with Crippen LogP contribution in [0.3, 0.4) is 0 Å². The van der Waals surface area contributed by atoms with Gasteiger partial charge in [-0.15, -0.1) is 0 Å². The third kappa shape index (κ3) is 4.16. The summed E-state index contributed by atoms with van der Waals surface area (Å²) in [7, 11) is 1.65. The Morgan fingerprint density at radius 3 is 2.80 bits per heavy atom. The number of nitrogens with one attached hydrogen (secondary N) is 1. The molecular formula is C16H18F3N5O. The molecular weight excluding hydrogens is 335 g/mol. The van der Waals surface area contributed by atoms with Crippen molar-refractivity contribution in [3.8, 4) is 0 Å². The van der Waals surface area contributed by atoms with Gasteiger partial charge >= 0.3 is 6.18 Å². The highest BCUT2D eigenvalue weighted by Gasteiger charge is 2.34. The van der Waals surface area contributed by atoms with Gasteiger partial charge in [-0.2, -0.15) is 13.2 Å². The van der Waals surface area contributed by atoms with Crippen molar-refractivity contribution in [3.05, 3.63) is 42.6 Å². The summed E-state index contributed by atoms with van der Waals surface area (Å²) >= 11 is 0. The molecule has 0 aromatic carbocycles. The molecule has 3 heterocycles. The fourth-order valence-electron chi connectivity index (χ4n) is 2.90. The van der Waals surface area contributed by atoms with Crippen molar-refractivity contribution < 1.29 is 17.9 Å². The average molecular weight is 353 g/mol. The number of pyridine rings is 1. The van der Waals surface area contributed by atoms with Crippen molar-refractivity contribution in [2.24, 2.45) is 0 Å². The summed E-state index contributed by atoms with van der Waals surface area (Å²) in [5.41, 5.74) is -0.530. The Balaban J connectivity index is 1.70. The van der Waals surface area contributed by atoms with E-state index in [1.807, 2.05) is 0 Å². The lowest BCUT2D eigenvalue weighted by Gasteiger charge is -2.25. The Morgan fingerprint density at radius 1 is 1.28 bits per heavy atom. The van der Waals surface area contributed by atoms with E-state index in [0.717, 1.165) is 24.5 Å². The molecule has 0 saturated carbocycles. The second-order valence-corrected chi connectivity index (χ2v) is 5.78. The van der Waals surface area contributed by atoms with Crippen LogP contribution in [0, 0.1) is 0 Å². The van der Waals surface area contributed by atoms with Crippen LogP contribution in [0.5, 0.6) is 0 Å². The molecule has 0 unspecified atom stereocenters. The molecule has 3 rings (SSSR count). The van der Waals surface area contributed by atoms with E-state index in [-0.39, 0.29) is 12.1 Å². The van der Waals surface area contributed by atoms with Crippen molar-refractivity contribution in [3.63, 3.8) is 0 Å². The number of alkyl halides is 3. The van der Waals surface area contributed by atoms with Crippen molar-refractivity contribution in [1.82, 2.24) is 15.0 Å². The van der Waals surface area contributed by atoms with Crippen LogP contribution in [0.4, 0.5) is 24.7 Å². The van der Waals surface area contributed by atoms with Gasteiger partial charge in [0, 0.05) is 38.3 Å². The fraction of sp³-hybridized carbons (Fsp3) is 0.438. The minimum absolute atomic E-state index is 0.0438. The van der Waals surface area contributed by atoms with E-state index < -0.39 is 11.9 Å². The number of hydrogen-bond donors (Lipinski definition) is 1. The molecule has 1 aliphatic heterocycles. The number of nitrogens with zero attached hydrogens (tertiary/aromatic N) is 4. The smallest absolute Gasteiger partial charge is 0.383 e. The van der Waals surface area contributed by atoms with Gasteiger partial charge in [0.15, 0.2) is 0 Å². The van der Waals surface area contributed by atoms with Crippen LogP contribution in [0.1, 0.15) is 12.1 Å². The first kappa shape index (κ1) is 17.4. The highest BCUT2D eigenvalue weighted by molar-refractivity contribution is 5.46. The summed E-state index contributed by atoms with van der Waals surface area (Å²) in [5.74, 6) is 0.770. The van der Waals surface area contributed by atoms with Crippen LogP contribution in [0.15, 0.2) is 36.9 Å². The molecule has 0 radical (unpaired) electrons. The largest absolute Gasteiger partial charge is 0.433 e. The number of hydrogen-bond acceptors (Lipinski definition) is 6. The summed E-state index contributed by atoms with van der Waals surface area (Å²) in [6.45, 7) is 1.13. The number of aromatic nitrogens is 3. The molecule has 0 aliphatic carbocycles. The minimum Gasteiger partial charge on any atom is -0.383 e. The summed E-state index contributed by atoms with van der Waals surface area (Å²) in [4.78, 5) is 13.6. The topological polar surface area (TPSA) is 63.2 Å². The van der Waals surface area contributed by atoms with Crippen molar-refractivity contribution >= 4 is 11.5 Å². The summed E-state index contributed by atoms with van der Waals surface area (Å²) in [6.07, 6.45) is 0.623. The molecule has 0 amide bonds. The molecule has 1 fully saturated rings. The zero-order valence-electron chi connectivity index (χ0n) is 13.6. The monoisotopic (exact) mass is 353 g/mol. The van der Waals surface area contributed by atoms with Gasteiger partial charge in [-0.1, -0.05) is 0 Å². The van der Waals surface area contributed by atoms with Gasteiger partial charge in [0.05, 0.1) is 12.1 Å². The second kappa shape index (κ2) is 7.22. The fourth-order valence-corrected chi connectivity index (χ4v) is 2.90. The molecule has 1 N–H and O–H groups in total. The Labute approximate surface area is 143 Å². The van der Waals surface area contributed by atoms with E-state index in [4.69, 9.17) is 4.74 Å². The quantitative estimate of drug-likeness (QED) is 0.892. The Morgan fingerprint density at radius 2 is 2.12 bits per heavy atom. The van der Waals surface area contributed by atoms with E-state index >= 15 is 0 Å². The van der Waals surface area contributed by atoms with Crippen LogP contribution in [-0.4, -0.2) is 47.3 Å². The Kier molecular flexibility index (Phi) is 5.03. The molecule has 134 valence electrons. The van der Waals surface area contributed by atoms with Crippen LogP contribution >= 0.6 is 0 Å². The molecule has 6 nitrogen and oxygen atoms in total. The van der Waals surface area contributed by atoms with Gasteiger partial charge in [0.25, 0.3) is 0 Å². The van der Waals surface area contributed by atoms with E-state index in [1.54, 1.807) is 19.4 Å². The number of methoxy groups -OCH3 is 1.